The molecular weight excluding hydrogens is 248 g/mol. The molecule has 0 spiro atoms. The molecule has 0 rings (SSSR count). The summed E-state index contributed by atoms with van der Waals surface area (Å²) in [6, 6.07) is 0. The van der Waals surface area contributed by atoms with Crippen molar-refractivity contribution in [2.24, 2.45) is 23.7 Å². The van der Waals surface area contributed by atoms with Crippen LogP contribution in [0.25, 0.3) is 0 Å². The lowest BCUT2D eigenvalue weighted by atomic mass is 10.00. The minimum Gasteiger partial charge on any atom is -0.300 e. The highest BCUT2D eigenvalue weighted by molar-refractivity contribution is 5.80. The van der Waals surface area contributed by atoms with Crippen LogP contribution in [0.2, 0.25) is 0 Å². The van der Waals surface area contributed by atoms with Gasteiger partial charge < -0.3 is 0 Å². The lowest BCUT2D eigenvalue weighted by Crippen LogP contribution is -2.07. The first-order valence-electron chi connectivity index (χ1n) is 8.10. The minimum absolute atomic E-state index is 0.221. The predicted octanol–water partition coefficient (Wildman–Crippen LogP) is 5.30. The molecule has 2 nitrogen and oxygen atoms in total. The number of carbonyl (C=O) groups is 2. The number of rotatable bonds is 8. The van der Waals surface area contributed by atoms with E-state index < -0.39 is 0 Å². The standard InChI is InChI=1S/2C9H18O/c1-7(2)5-9(10)6-8(3)4;1-7(2)5-6-9(10)8(3)4/h2*7-8H,5-6H2,1-4H3. The maximum atomic E-state index is 11.1. The Morgan fingerprint density at radius 3 is 1.35 bits per heavy atom. The van der Waals surface area contributed by atoms with E-state index >= 15 is 0 Å². The van der Waals surface area contributed by atoms with Crippen molar-refractivity contribution in [3.63, 3.8) is 0 Å². The number of hydrogen-bond donors (Lipinski definition) is 0. The van der Waals surface area contributed by atoms with Crippen molar-refractivity contribution >= 4 is 11.6 Å². The minimum atomic E-state index is 0.221. The van der Waals surface area contributed by atoms with Gasteiger partial charge in [0.2, 0.25) is 0 Å². The first-order chi connectivity index (χ1) is 9.06. The van der Waals surface area contributed by atoms with E-state index in [9.17, 15) is 9.59 Å². The summed E-state index contributed by atoms with van der Waals surface area (Å²) < 4.78 is 0. The van der Waals surface area contributed by atoms with Gasteiger partial charge in [0.15, 0.2) is 0 Å². The molecule has 0 saturated carbocycles. The molecule has 0 aliphatic heterocycles. The van der Waals surface area contributed by atoms with Crippen molar-refractivity contribution in [1.29, 1.82) is 0 Å². The smallest absolute Gasteiger partial charge is 0.135 e. The predicted molar refractivity (Wildman–Crippen MR) is 87.8 cm³/mol. The monoisotopic (exact) mass is 284 g/mol. The van der Waals surface area contributed by atoms with E-state index in [0.29, 0.717) is 29.3 Å². The topological polar surface area (TPSA) is 34.1 Å². The zero-order valence-electron chi connectivity index (χ0n) is 15.0. The second kappa shape index (κ2) is 12.1. The van der Waals surface area contributed by atoms with Gasteiger partial charge in [-0.3, -0.25) is 9.59 Å². The Balaban J connectivity index is 0. The summed E-state index contributed by atoms with van der Waals surface area (Å²) >= 11 is 0. The first kappa shape index (κ1) is 21.6. The Morgan fingerprint density at radius 2 is 1.10 bits per heavy atom. The van der Waals surface area contributed by atoms with Crippen LogP contribution in [0.15, 0.2) is 0 Å². The van der Waals surface area contributed by atoms with Gasteiger partial charge in [-0.15, -0.1) is 0 Å². The van der Waals surface area contributed by atoms with E-state index in [4.69, 9.17) is 0 Å². The molecule has 0 radical (unpaired) electrons. The van der Waals surface area contributed by atoms with Crippen molar-refractivity contribution in [3.8, 4) is 0 Å². The summed E-state index contributed by atoms with van der Waals surface area (Å²) in [5.41, 5.74) is 0. The molecule has 0 aromatic heterocycles. The summed E-state index contributed by atoms with van der Waals surface area (Å²) in [6.45, 7) is 16.5. The number of carbonyl (C=O) groups excluding carboxylic acids is 2. The molecule has 2 heteroatoms. The SMILES string of the molecule is CC(C)CC(=O)CC(C)C.CC(C)CCC(=O)C(C)C. The summed E-state index contributed by atoms with van der Waals surface area (Å²) in [6.07, 6.45) is 3.29. The summed E-state index contributed by atoms with van der Waals surface area (Å²) in [7, 11) is 0. The highest BCUT2D eigenvalue weighted by atomic mass is 16.1. The average molecular weight is 284 g/mol. The quantitative estimate of drug-likeness (QED) is 0.606. The number of hydrogen-bond acceptors (Lipinski definition) is 2. The average Bonchev–Trinajstić information content (AvgIpc) is 2.23. The zero-order chi connectivity index (χ0) is 16.3. The third kappa shape index (κ3) is 17.3. The summed E-state index contributed by atoms with van der Waals surface area (Å²) in [5.74, 6) is 2.72. The van der Waals surface area contributed by atoms with Gasteiger partial charge in [-0.25, -0.2) is 0 Å². The molecule has 120 valence electrons. The van der Waals surface area contributed by atoms with E-state index in [0.717, 1.165) is 25.7 Å². The Kier molecular flexibility index (Phi) is 13.1. The Labute approximate surface area is 126 Å². The molecule has 0 saturated heterocycles. The fourth-order valence-corrected chi connectivity index (χ4v) is 1.71. The molecule has 0 aliphatic carbocycles. The molecule has 0 aliphatic rings. The molecule has 20 heavy (non-hydrogen) atoms. The molecule has 0 N–H and O–H groups in total. The van der Waals surface area contributed by atoms with Crippen molar-refractivity contribution in [2.75, 3.05) is 0 Å². The second-order valence-electron chi connectivity index (χ2n) is 7.29. The third-order valence-corrected chi connectivity index (χ3v) is 2.88. The van der Waals surface area contributed by atoms with Crippen LogP contribution in [-0.2, 0) is 9.59 Å². The van der Waals surface area contributed by atoms with E-state index in [-0.39, 0.29) is 5.92 Å². The second-order valence-corrected chi connectivity index (χ2v) is 7.29. The van der Waals surface area contributed by atoms with Crippen LogP contribution in [-0.4, -0.2) is 11.6 Å². The normalized spacial score (nSPS) is 11.0. The third-order valence-electron chi connectivity index (χ3n) is 2.88. The Bertz CT molecular complexity index is 251. The lowest BCUT2D eigenvalue weighted by molar-refractivity contribution is -0.122. The van der Waals surface area contributed by atoms with Crippen molar-refractivity contribution < 1.29 is 9.59 Å². The van der Waals surface area contributed by atoms with E-state index in [2.05, 4.69) is 41.5 Å². The van der Waals surface area contributed by atoms with Crippen LogP contribution < -0.4 is 0 Å². The molecule has 0 fully saturated rings. The van der Waals surface area contributed by atoms with Crippen LogP contribution in [0.1, 0.15) is 81.1 Å². The molecule has 0 aromatic rings. The summed E-state index contributed by atoms with van der Waals surface area (Å²) in [5, 5.41) is 0. The summed E-state index contributed by atoms with van der Waals surface area (Å²) in [4.78, 5) is 22.1. The van der Waals surface area contributed by atoms with Gasteiger partial charge in [0.1, 0.15) is 11.6 Å². The van der Waals surface area contributed by atoms with Crippen LogP contribution in [0, 0.1) is 23.7 Å². The largest absolute Gasteiger partial charge is 0.300 e. The first-order valence-corrected chi connectivity index (χ1v) is 8.10. The van der Waals surface area contributed by atoms with Crippen LogP contribution in [0.4, 0.5) is 0 Å². The highest BCUT2D eigenvalue weighted by Gasteiger charge is 2.07. The highest BCUT2D eigenvalue weighted by Crippen LogP contribution is 2.08. The molecule has 0 unspecified atom stereocenters. The fraction of sp³-hybridized carbons (Fsp3) is 0.889. The van der Waals surface area contributed by atoms with Gasteiger partial charge in [0.05, 0.1) is 0 Å². The maximum Gasteiger partial charge on any atom is 0.135 e. The van der Waals surface area contributed by atoms with E-state index in [1.54, 1.807) is 0 Å². The number of ketones is 2. The molecule has 0 atom stereocenters. The van der Waals surface area contributed by atoms with Gasteiger partial charge >= 0.3 is 0 Å². The van der Waals surface area contributed by atoms with Gasteiger partial charge in [-0.2, -0.15) is 0 Å². The van der Waals surface area contributed by atoms with Gasteiger partial charge in [-0.1, -0.05) is 55.4 Å². The zero-order valence-corrected chi connectivity index (χ0v) is 15.0. The lowest BCUT2D eigenvalue weighted by Gasteiger charge is -2.05. The van der Waals surface area contributed by atoms with Crippen LogP contribution >= 0.6 is 0 Å². The van der Waals surface area contributed by atoms with Crippen LogP contribution in [0.3, 0.4) is 0 Å². The van der Waals surface area contributed by atoms with Gasteiger partial charge in [0, 0.05) is 25.2 Å². The van der Waals surface area contributed by atoms with E-state index in [1.807, 2.05) is 13.8 Å². The van der Waals surface area contributed by atoms with Gasteiger partial charge in [0.25, 0.3) is 0 Å². The van der Waals surface area contributed by atoms with E-state index in [1.165, 1.54) is 0 Å². The molecule has 0 amide bonds. The Hall–Kier alpha value is -0.660. The number of Topliss-reactive ketones (excluding diaryl/α,β-unsaturated/α-hetero) is 2. The fourth-order valence-electron chi connectivity index (χ4n) is 1.71. The molecule has 0 bridgehead atoms. The maximum absolute atomic E-state index is 11.1. The molecule has 0 heterocycles. The van der Waals surface area contributed by atoms with Crippen molar-refractivity contribution in [3.05, 3.63) is 0 Å². The van der Waals surface area contributed by atoms with Gasteiger partial charge in [-0.05, 0) is 24.2 Å². The molecule has 0 aromatic carbocycles. The van der Waals surface area contributed by atoms with Crippen molar-refractivity contribution in [1.82, 2.24) is 0 Å². The van der Waals surface area contributed by atoms with Crippen LogP contribution in [0.5, 0.6) is 0 Å². The van der Waals surface area contributed by atoms with Crippen molar-refractivity contribution in [2.45, 2.75) is 81.1 Å². The Morgan fingerprint density at radius 1 is 0.700 bits per heavy atom. The molecular formula is C18H36O2.